The van der Waals surface area contributed by atoms with Gasteiger partial charge in [0.1, 0.15) is 11.4 Å². The van der Waals surface area contributed by atoms with Gasteiger partial charge >= 0.3 is 0 Å². The van der Waals surface area contributed by atoms with Crippen molar-refractivity contribution in [3.63, 3.8) is 0 Å². The molecule has 20 rings (SSSR count). The zero-order chi connectivity index (χ0) is 88.6. The summed E-state index contributed by atoms with van der Waals surface area (Å²) in [5.74, 6) is 0.200. The quantitative estimate of drug-likeness (QED) is 0.0422. The first kappa shape index (κ1) is 89.3. The second kappa shape index (κ2) is 40.1. The number of Topliss-reactive ketones (excluding diaryl/α,β-unsaturated/α-hetero) is 1. The molecule has 0 bridgehead atoms. The molecule has 20 nitrogen and oxygen atoms in total. The van der Waals surface area contributed by atoms with E-state index in [0.29, 0.717) is 39.3 Å². The molecule has 0 fully saturated rings. The fourth-order valence-corrected chi connectivity index (χ4v) is 20.2. The molecule has 5 aromatic carbocycles. The molecule has 5 N–H and O–H groups in total. The second-order valence-corrected chi connectivity index (χ2v) is 36.2. The van der Waals surface area contributed by atoms with Crippen LogP contribution in [0.3, 0.4) is 0 Å². The third-order valence-corrected chi connectivity index (χ3v) is 26.6. The highest BCUT2D eigenvalue weighted by atomic mass is 35.5. The molecule has 658 valence electrons. The van der Waals surface area contributed by atoms with E-state index in [4.69, 9.17) is 11.6 Å². The maximum Gasteiger partial charge on any atom is 0.143 e. The van der Waals surface area contributed by atoms with Crippen LogP contribution in [0.4, 0.5) is 0 Å². The minimum Gasteiger partial charge on any atom is -0.387 e. The zero-order valence-corrected chi connectivity index (χ0v) is 75.5. The van der Waals surface area contributed by atoms with Gasteiger partial charge < -0.3 is 53.3 Å². The predicted octanol–water partition coefficient (Wildman–Crippen LogP) is 18.0. The fourth-order valence-electron chi connectivity index (χ4n) is 20.0. The average Bonchev–Trinajstić information content (AvgIpc) is 1.62. The smallest absolute Gasteiger partial charge is 0.143 e. The molecule has 1 aliphatic carbocycles. The molecular weight excluding hydrogens is 1600 g/mol. The van der Waals surface area contributed by atoms with Crippen LogP contribution in [0.25, 0.3) is 54.5 Å². The van der Waals surface area contributed by atoms with E-state index in [1.165, 1.54) is 147 Å². The van der Waals surface area contributed by atoms with Gasteiger partial charge in [0.2, 0.25) is 0 Å². The molecule has 15 aromatic rings. The maximum absolute atomic E-state index is 11.6. The van der Waals surface area contributed by atoms with Gasteiger partial charge in [0, 0.05) is 235 Å². The Labute approximate surface area is 750 Å². The van der Waals surface area contributed by atoms with Crippen molar-refractivity contribution in [1.29, 1.82) is 0 Å². The van der Waals surface area contributed by atoms with E-state index < -0.39 is 30.0 Å². The summed E-state index contributed by atoms with van der Waals surface area (Å²) in [5, 5.41) is 61.4. The van der Waals surface area contributed by atoms with Gasteiger partial charge in [-0.25, -0.2) is 0 Å². The van der Waals surface area contributed by atoms with Crippen molar-refractivity contribution >= 4 is 71.9 Å². The number of aliphatic hydroxyl groups is 5. The highest BCUT2D eigenvalue weighted by Gasteiger charge is 2.33. The molecule has 0 amide bonds. The number of benzene rings is 5. The number of hydrogen-bond donors (Lipinski definition) is 5. The number of carbonyl (C=O) groups excluding carboxylic acids is 1. The second-order valence-electron chi connectivity index (χ2n) is 35.8. The molecule has 0 radical (unpaired) electrons. The Kier molecular flexibility index (Phi) is 28.2. The zero-order valence-electron chi connectivity index (χ0n) is 74.8. The highest BCUT2D eigenvalue weighted by molar-refractivity contribution is 6.31. The third-order valence-electron chi connectivity index (χ3n) is 26.3. The molecule has 0 saturated heterocycles. The van der Waals surface area contributed by atoms with Gasteiger partial charge in [-0.05, 0) is 270 Å². The predicted molar refractivity (Wildman–Crippen MR) is 509 cm³/mol. The maximum atomic E-state index is 11.6. The minimum atomic E-state index is -0.945. The molecule has 4 aliphatic heterocycles. The van der Waals surface area contributed by atoms with Crippen molar-refractivity contribution in [3.05, 3.63) is 338 Å². The summed E-state index contributed by atoms with van der Waals surface area (Å²) in [7, 11) is 2.17. The van der Waals surface area contributed by atoms with E-state index in [9.17, 15) is 30.3 Å². The molecule has 10 aromatic heterocycles. The largest absolute Gasteiger partial charge is 0.387 e. The molecule has 127 heavy (non-hydrogen) atoms. The Balaban J connectivity index is 0.000000117. The van der Waals surface area contributed by atoms with Crippen LogP contribution in [0.15, 0.2) is 226 Å². The van der Waals surface area contributed by atoms with E-state index in [1.54, 1.807) is 68.9 Å². The summed E-state index contributed by atoms with van der Waals surface area (Å²) in [5.41, 5.74) is 28.4. The van der Waals surface area contributed by atoms with Crippen LogP contribution in [0.2, 0.25) is 5.02 Å². The van der Waals surface area contributed by atoms with Crippen LogP contribution in [0, 0.1) is 27.7 Å². The van der Waals surface area contributed by atoms with Gasteiger partial charge in [-0.2, -0.15) is 0 Å². The van der Waals surface area contributed by atoms with Gasteiger partial charge in [-0.15, -0.1) is 6.58 Å². The first-order valence-corrected chi connectivity index (χ1v) is 45.6. The third kappa shape index (κ3) is 20.1. The Morgan fingerprint density at radius 3 is 1.16 bits per heavy atom. The van der Waals surface area contributed by atoms with Gasteiger partial charge in [-0.1, -0.05) is 71.1 Å². The summed E-state index contributed by atoms with van der Waals surface area (Å²) in [6, 6.07) is 51.4. The monoisotopic (exact) mass is 1720 g/mol. The molecular formula is C106H121ClN14O6. The Morgan fingerprint density at radius 2 is 0.756 bits per heavy atom. The van der Waals surface area contributed by atoms with E-state index in [2.05, 4.69) is 201 Å². The molecule has 5 atom stereocenters. The number of likely N-dealkylation sites (N-methyl/N-ethyl adjacent to an activating group) is 1. The SMILES string of the molecule is C=CCN1CCc2c(c3cc(C)ccc3n2CC(O)c2ccncc2)C1.CC(=O)CN1CCc2c(c3cc(C)ccc3n2CC(O)c2ccncc2)C1.CC(O)(Cn1c2c(c3cc(Cl)ccc31)CCCC2)c1ccncc1.CCCN1CCc2c(c3cc(C)ccc3n2CC(O)c2ccncc2)C1.Cc1ccc2c(c1)c1c(n2CC(O)c2ccncc2)CCN(C)C1. The normalized spacial score (nSPS) is 16.1. The van der Waals surface area contributed by atoms with Gasteiger partial charge in [-0.3, -0.25) is 44.4 Å². The number of carbonyl (C=O) groups is 1. The standard InChI is InChI=1S/C22H25N3O2.C22H27N3O.C22H25N3O.C20H21ClN2O.C20H23N3O/c1-15-3-4-20-18(11-15)19-13-24(12-16(2)26)10-7-21(19)25(20)14-22(27)17-5-8-23-9-6-17;2*1-3-11-24-12-8-21-19(14-24)18-13-16(2)4-5-20(18)25(21)15-22(26)17-6-9-23-10-7-17;1-20(24,14-8-10-22-11-9-14)13-23-18-5-3-2-4-16(18)17-12-15(21)6-7-19(17)23;1-14-3-4-18-16(11-14)17-12-22(2)10-7-19(17)23(18)13-20(24)15-5-8-21-9-6-15/h3-6,8-9,11,22,27H,7,10,12-14H2,1-2H3;4-7,9-10,13,22,26H,3,8,11-12,14-15H2,1-2H3;3-7,9-10,13,22,26H,1,8,11-12,14-15H2,2H3;6-12,24H,2-5,13H2,1H3;3-6,8-9,11,20,24H,7,10,12-13H2,1-2H3. The van der Waals surface area contributed by atoms with Gasteiger partial charge in [0.25, 0.3) is 0 Å². The molecule has 14 heterocycles. The summed E-state index contributed by atoms with van der Waals surface area (Å²) in [6.07, 6.45) is 26.9. The van der Waals surface area contributed by atoms with E-state index in [0.717, 1.165) is 142 Å². The summed E-state index contributed by atoms with van der Waals surface area (Å²) >= 11 is 6.23. The summed E-state index contributed by atoms with van der Waals surface area (Å²) in [4.78, 5) is 41.4. The van der Waals surface area contributed by atoms with Gasteiger partial charge in [0.15, 0.2) is 0 Å². The molecule has 5 aliphatic rings. The van der Waals surface area contributed by atoms with Crippen LogP contribution in [-0.4, -0.2) is 152 Å². The number of rotatable bonds is 21. The first-order valence-electron chi connectivity index (χ1n) is 45.2. The number of hydrogen-bond acceptors (Lipinski definition) is 15. The Hall–Kier alpha value is -11.1. The number of aromatic nitrogens is 10. The number of nitrogens with zero attached hydrogens (tertiary/aromatic N) is 14. The lowest BCUT2D eigenvalue weighted by Gasteiger charge is -2.28. The van der Waals surface area contributed by atoms with Crippen LogP contribution < -0.4 is 0 Å². The van der Waals surface area contributed by atoms with Crippen LogP contribution >= 0.6 is 11.6 Å². The topological polar surface area (TPSA) is 220 Å². The number of ketones is 1. The number of aliphatic hydroxyl groups excluding tert-OH is 4. The van der Waals surface area contributed by atoms with Gasteiger partial charge in [0.05, 0.1) is 63.7 Å². The van der Waals surface area contributed by atoms with Crippen molar-refractivity contribution in [1.82, 2.24) is 67.4 Å². The lowest BCUT2D eigenvalue weighted by molar-refractivity contribution is -0.118. The van der Waals surface area contributed by atoms with Crippen molar-refractivity contribution in [2.24, 2.45) is 0 Å². The van der Waals surface area contributed by atoms with Crippen LogP contribution in [-0.2, 0) is 108 Å². The molecule has 5 unspecified atom stereocenters. The molecule has 0 spiro atoms. The van der Waals surface area contributed by atoms with E-state index >= 15 is 0 Å². The van der Waals surface area contributed by atoms with Crippen molar-refractivity contribution in [2.45, 2.75) is 195 Å². The number of aryl methyl sites for hydroxylation is 5. The van der Waals surface area contributed by atoms with Crippen molar-refractivity contribution in [3.8, 4) is 0 Å². The van der Waals surface area contributed by atoms with Crippen molar-refractivity contribution in [2.75, 3.05) is 52.9 Å². The van der Waals surface area contributed by atoms with E-state index in [1.807, 2.05) is 79.7 Å². The van der Waals surface area contributed by atoms with Crippen LogP contribution in [0.5, 0.6) is 0 Å². The Morgan fingerprint density at radius 1 is 0.425 bits per heavy atom. The van der Waals surface area contributed by atoms with E-state index in [-0.39, 0.29) is 5.78 Å². The highest BCUT2D eigenvalue weighted by Crippen LogP contribution is 2.41. The lowest BCUT2D eigenvalue weighted by atomic mass is 9.94. The number of pyridine rings is 5. The summed E-state index contributed by atoms with van der Waals surface area (Å²) in [6.45, 7) is 31.3. The molecule has 21 heteroatoms. The number of halogens is 1. The fraction of sp³-hybridized carbons (Fsp3) is 0.358. The lowest BCUT2D eigenvalue weighted by Crippen LogP contribution is -2.34. The number of fused-ring (bicyclic) bond motifs is 15. The Bertz CT molecular complexity index is 6340. The first-order chi connectivity index (χ1) is 61.6. The van der Waals surface area contributed by atoms with Crippen molar-refractivity contribution < 1.29 is 30.3 Å². The average molecular weight is 1720 g/mol. The minimum absolute atomic E-state index is 0.200. The molecule has 0 saturated carbocycles. The summed E-state index contributed by atoms with van der Waals surface area (Å²) < 4.78 is 11.5. The van der Waals surface area contributed by atoms with Crippen LogP contribution in [0.1, 0.15) is 171 Å².